The average Bonchev–Trinajstić information content (AvgIpc) is 2.72. The summed E-state index contributed by atoms with van der Waals surface area (Å²) in [6.45, 7) is 6.15. The Morgan fingerprint density at radius 1 is 1.10 bits per heavy atom. The lowest BCUT2D eigenvalue weighted by atomic mass is 9.78. The maximum absolute atomic E-state index is 14.4. The number of benzene rings is 2. The largest absolute Gasteiger partial charge is 0.322 e. The second-order valence-electron chi connectivity index (χ2n) is 8.14. The van der Waals surface area contributed by atoms with Gasteiger partial charge in [0.15, 0.2) is 0 Å². The number of sulfonamides is 1. The van der Waals surface area contributed by atoms with Crippen molar-refractivity contribution in [2.45, 2.75) is 57.4 Å². The minimum absolute atomic E-state index is 0.0846. The van der Waals surface area contributed by atoms with Crippen LogP contribution >= 0.6 is 0 Å². The van der Waals surface area contributed by atoms with Crippen LogP contribution < -0.4 is 10.0 Å². The van der Waals surface area contributed by atoms with Crippen LogP contribution in [0, 0.1) is 17.7 Å². The molecule has 1 saturated carbocycles. The molecule has 2 aromatic rings. The normalized spacial score (nSPS) is 21.9. The molecule has 0 bridgehead atoms. The summed E-state index contributed by atoms with van der Waals surface area (Å²) in [7, 11) is -4.09. The molecule has 1 fully saturated rings. The summed E-state index contributed by atoms with van der Waals surface area (Å²) in [5, 5.41) is 2.73. The van der Waals surface area contributed by atoms with Crippen LogP contribution in [0.1, 0.15) is 56.0 Å². The zero-order valence-corrected chi connectivity index (χ0v) is 18.4. The molecule has 0 spiro atoms. The topological polar surface area (TPSA) is 75.3 Å². The van der Waals surface area contributed by atoms with E-state index in [9.17, 15) is 17.6 Å². The summed E-state index contributed by atoms with van der Waals surface area (Å²) >= 11 is 0. The van der Waals surface area contributed by atoms with Crippen molar-refractivity contribution in [3.05, 3.63) is 59.4 Å². The number of amides is 1. The monoisotopic (exact) mass is 432 g/mol. The fourth-order valence-electron chi connectivity index (χ4n) is 3.89. The maximum Gasteiger partial charge on any atom is 0.255 e. The fourth-order valence-corrected chi connectivity index (χ4v) is 5.35. The quantitative estimate of drug-likeness (QED) is 0.692. The molecule has 0 aliphatic heterocycles. The molecule has 2 aromatic carbocycles. The standard InChI is InChI=1S/C23H29FN2O3S/c1-4-17-8-11-19(12-9-17)25-23(27)18-10-13-20(24)22(14-18)30(28,29)26-21-7-5-6-15(2)16(21)3/h8-16,21,26H,4-7H2,1-3H3,(H,25,27). The van der Waals surface area contributed by atoms with E-state index in [0.29, 0.717) is 11.6 Å². The summed E-state index contributed by atoms with van der Waals surface area (Å²) in [6.07, 6.45) is 3.60. The minimum Gasteiger partial charge on any atom is -0.322 e. The van der Waals surface area contributed by atoms with Gasteiger partial charge in [-0.3, -0.25) is 4.79 Å². The number of halogens is 1. The van der Waals surface area contributed by atoms with Crippen molar-refractivity contribution in [3.63, 3.8) is 0 Å². The minimum atomic E-state index is -4.09. The third kappa shape index (κ3) is 5.08. The van der Waals surface area contributed by atoms with E-state index in [1.54, 1.807) is 12.1 Å². The molecule has 2 N–H and O–H groups in total. The number of anilines is 1. The Kier molecular flexibility index (Phi) is 6.93. The van der Waals surface area contributed by atoms with Gasteiger partial charge < -0.3 is 5.32 Å². The van der Waals surface area contributed by atoms with Crippen molar-refractivity contribution in [1.29, 1.82) is 0 Å². The van der Waals surface area contributed by atoms with Crippen molar-refractivity contribution in [2.24, 2.45) is 11.8 Å². The number of hydrogen-bond donors (Lipinski definition) is 2. The number of hydrogen-bond acceptors (Lipinski definition) is 3. The third-order valence-corrected chi connectivity index (χ3v) is 7.62. The lowest BCUT2D eigenvalue weighted by molar-refractivity contribution is 0.102. The van der Waals surface area contributed by atoms with Gasteiger partial charge in [0.2, 0.25) is 10.0 Å². The lowest BCUT2D eigenvalue weighted by Gasteiger charge is -2.34. The number of aryl methyl sites for hydroxylation is 1. The highest BCUT2D eigenvalue weighted by molar-refractivity contribution is 7.89. The van der Waals surface area contributed by atoms with Gasteiger partial charge in [-0.1, -0.05) is 45.7 Å². The highest BCUT2D eigenvalue weighted by Gasteiger charge is 2.32. The molecule has 5 nitrogen and oxygen atoms in total. The van der Waals surface area contributed by atoms with Crippen molar-refractivity contribution >= 4 is 21.6 Å². The molecule has 0 aromatic heterocycles. The zero-order valence-electron chi connectivity index (χ0n) is 17.6. The highest BCUT2D eigenvalue weighted by atomic mass is 32.2. The molecule has 0 saturated heterocycles. The summed E-state index contributed by atoms with van der Waals surface area (Å²) in [5.41, 5.74) is 1.82. The van der Waals surface area contributed by atoms with Gasteiger partial charge in [0.1, 0.15) is 10.7 Å². The molecule has 3 unspecified atom stereocenters. The molecule has 1 aliphatic rings. The van der Waals surface area contributed by atoms with Crippen LogP contribution in [-0.2, 0) is 16.4 Å². The molecule has 1 aliphatic carbocycles. The Labute approximate surface area is 178 Å². The van der Waals surface area contributed by atoms with Crippen molar-refractivity contribution in [2.75, 3.05) is 5.32 Å². The number of nitrogens with one attached hydrogen (secondary N) is 2. The van der Waals surface area contributed by atoms with Gasteiger partial charge in [0.05, 0.1) is 0 Å². The van der Waals surface area contributed by atoms with E-state index in [-0.39, 0.29) is 17.5 Å². The van der Waals surface area contributed by atoms with E-state index in [2.05, 4.69) is 17.0 Å². The Morgan fingerprint density at radius 2 is 1.80 bits per heavy atom. The Balaban J connectivity index is 1.80. The van der Waals surface area contributed by atoms with Gasteiger partial charge in [-0.15, -0.1) is 0 Å². The molecule has 0 radical (unpaired) electrons. The van der Waals surface area contributed by atoms with E-state index < -0.39 is 26.6 Å². The predicted octanol–water partition coefficient (Wildman–Crippen LogP) is 4.74. The van der Waals surface area contributed by atoms with Crippen molar-refractivity contribution < 1.29 is 17.6 Å². The van der Waals surface area contributed by atoms with Gasteiger partial charge in [0.25, 0.3) is 5.91 Å². The molecule has 3 rings (SSSR count). The molecule has 30 heavy (non-hydrogen) atoms. The molecular formula is C23H29FN2O3S. The first-order chi connectivity index (χ1) is 14.2. The first-order valence-electron chi connectivity index (χ1n) is 10.4. The summed E-state index contributed by atoms with van der Waals surface area (Å²) in [4.78, 5) is 12.1. The average molecular weight is 433 g/mol. The molecule has 1 amide bonds. The van der Waals surface area contributed by atoms with Crippen LogP contribution in [0.4, 0.5) is 10.1 Å². The van der Waals surface area contributed by atoms with Gasteiger partial charge in [-0.2, -0.15) is 0 Å². The fraction of sp³-hybridized carbons (Fsp3) is 0.435. The zero-order chi connectivity index (χ0) is 21.9. The Morgan fingerprint density at radius 3 is 2.47 bits per heavy atom. The summed E-state index contributed by atoms with van der Waals surface area (Å²) in [5.74, 6) is -0.806. The van der Waals surface area contributed by atoms with Gasteiger partial charge >= 0.3 is 0 Å². The second-order valence-corrected chi connectivity index (χ2v) is 9.83. The van der Waals surface area contributed by atoms with Crippen molar-refractivity contribution in [3.8, 4) is 0 Å². The van der Waals surface area contributed by atoms with Crippen LogP contribution in [0.5, 0.6) is 0 Å². The van der Waals surface area contributed by atoms with Crippen LogP contribution in [0.15, 0.2) is 47.4 Å². The van der Waals surface area contributed by atoms with Crippen LogP contribution in [0.3, 0.4) is 0 Å². The SMILES string of the molecule is CCc1ccc(NC(=O)c2ccc(F)c(S(=O)(=O)NC3CCCC(C)C3C)c2)cc1. The summed E-state index contributed by atoms with van der Waals surface area (Å²) in [6, 6.07) is 10.6. The number of rotatable bonds is 6. The van der Waals surface area contributed by atoms with Crippen LogP contribution in [-0.4, -0.2) is 20.4 Å². The van der Waals surface area contributed by atoms with Gasteiger partial charge in [-0.05, 0) is 60.6 Å². The maximum atomic E-state index is 14.4. The first-order valence-corrected chi connectivity index (χ1v) is 11.9. The molecule has 0 heterocycles. The Hall–Kier alpha value is -2.25. The van der Waals surface area contributed by atoms with E-state index in [4.69, 9.17) is 0 Å². The first kappa shape index (κ1) is 22.4. The number of carbonyl (C=O) groups is 1. The van der Waals surface area contributed by atoms with Crippen LogP contribution in [0.2, 0.25) is 0 Å². The lowest BCUT2D eigenvalue weighted by Crippen LogP contribution is -2.43. The Bertz CT molecular complexity index is 1010. The molecule has 162 valence electrons. The van der Waals surface area contributed by atoms with Crippen molar-refractivity contribution in [1.82, 2.24) is 4.72 Å². The van der Waals surface area contributed by atoms with E-state index in [1.807, 2.05) is 26.0 Å². The van der Waals surface area contributed by atoms with Crippen LogP contribution in [0.25, 0.3) is 0 Å². The van der Waals surface area contributed by atoms with E-state index in [0.717, 1.165) is 43.4 Å². The molecule has 7 heteroatoms. The highest BCUT2D eigenvalue weighted by Crippen LogP contribution is 2.31. The van der Waals surface area contributed by atoms with E-state index >= 15 is 0 Å². The summed E-state index contributed by atoms with van der Waals surface area (Å²) < 4.78 is 42.9. The smallest absolute Gasteiger partial charge is 0.255 e. The molecular weight excluding hydrogens is 403 g/mol. The number of carbonyl (C=O) groups excluding carboxylic acids is 1. The predicted molar refractivity (Wildman–Crippen MR) is 116 cm³/mol. The second kappa shape index (κ2) is 9.27. The van der Waals surface area contributed by atoms with E-state index in [1.165, 1.54) is 6.07 Å². The third-order valence-electron chi connectivity index (χ3n) is 6.12. The van der Waals surface area contributed by atoms with Gasteiger partial charge in [-0.25, -0.2) is 17.5 Å². The van der Waals surface area contributed by atoms with Gasteiger partial charge in [0, 0.05) is 17.3 Å². The molecule has 3 atom stereocenters.